The van der Waals surface area contributed by atoms with E-state index in [9.17, 15) is 40.5 Å². The van der Waals surface area contributed by atoms with Crippen LogP contribution >= 0.6 is 0 Å². The molecule has 7 N–H and O–H groups in total. The number of hydrogen-bond acceptors (Lipinski definition) is 11. The van der Waals surface area contributed by atoms with Crippen LogP contribution in [0, 0.1) is 0 Å². The fraction of sp³-hybridized carbons (Fsp3) is 0.100. The first kappa shape index (κ1) is 24.5. The second kappa shape index (κ2) is 8.47. The summed E-state index contributed by atoms with van der Waals surface area (Å²) in [7, 11) is 0. The first-order valence-corrected chi connectivity index (χ1v) is 12.4. The average molecular weight is 556 g/mol. The Morgan fingerprint density at radius 3 is 2.02 bits per heavy atom. The number of ether oxygens (including phenoxy) is 1. The molecule has 1 aliphatic heterocycles. The highest BCUT2D eigenvalue weighted by Gasteiger charge is 2.34. The summed E-state index contributed by atoms with van der Waals surface area (Å²) in [5, 5.41) is 73.7. The molecule has 0 fully saturated rings. The summed E-state index contributed by atoms with van der Waals surface area (Å²) in [6.45, 7) is 0. The number of fused-ring (bicyclic) bond motifs is 3. The Bertz CT molecular complexity index is 2120. The summed E-state index contributed by atoms with van der Waals surface area (Å²) in [6, 6.07) is 11.7. The number of hydrogen-bond donors (Lipinski definition) is 7. The van der Waals surface area contributed by atoms with Gasteiger partial charge in [-0.15, -0.1) is 0 Å². The number of benzene rings is 4. The van der Waals surface area contributed by atoms with Gasteiger partial charge in [0.1, 0.15) is 34.4 Å². The Morgan fingerprint density at radius 1 is 0.659 bits per heavy atom. The van der Waals surface area contributed by atoms with Crippen LogP contribution < -0.4 is 10.2 Å². The van der Waals surface area contributed by atoms with Gasteiger partial charge in [0.15, 0.2) is 39.9 Å². The van der Waals surface area contributed by atoms with Gasteiger partial charge in [-0.05, 0) is 35.9 Å². The summed E-state index contributed by atoms with van der Waals surface area (Å²) in [5.41, 5.74) is 0.468. The van der Waals surface area contributed by atoms with Crippen LogP contribution in [-0.2, 0) is 6.42 Å². The van der Waals surface area contributed by atoms with Crippen molar-refractivity contribution in [3.05, 3.63) is 75.9 Å². The van der Waals surface area contributed by atoms with E-state index < -0.39 is 34.9 Å². The molecule has 0 amide bonds. The van der Waals surface area contributed by atoms with Crippen LogP contribution in [-0.4, -0.2) is 41.8 Å². The van der Waals surface area contributed by atoms with Crippen LogP contribution in [0.25, 0.3) is 44.2 Å². The predicted octanol–water partition coefficient (Wildman–Crippen LogP) is 4.63. The smallest absolute Gasteiger partial charge is 0.186 e. The highest BCUT2D eigenvalue weighted by molar-refractivity contribution is 6.21. The molecule has 7 rings (SSSR count). The first-order chi connectivity index (χ1) is 19.6. The van der Waals surface area contributed by atoms with Crippen LogP contribution in [0.3, 0.4) is 0 Å². The third-order valence-corrected chi connectivity index (χ3v) is 7.33. The minimum Gasteiger partial charge on any atom is -0.507 e. The fourth-order valence-electron chi connectivity index (χ4n) is 5.41. The molecule has 1 aliphatic rings. The van der Waals surface area contributed by atoms with Crippen LogP contribution in [0.4, 0.5) is 0 Å². The van der Waals surface area contributed by atoms with E-state index in [1.165, 1.54) is 54.6 Å². The molecule has 0 saturated heterocycles. The highest BCUT2D eigenvalue weighted by atomic mass is 16.5. The molecule has 3 heterocycles. The molecule has 0 bridgehead atoms. The van der Waals surface area contributed by atoms with E-state index >= 15 is 0 Å². The SMILES string of the molecule is O=c1cc2oc(-c3ccc(O)c(O)c3)c(O)c3c4c(O)c5c(cc4oc(c1)c23)O[C@@H](c1ccc(O)c(O)c1)[C@H](O)C5. The molecule has 2 aromatic heterocycles. The van der Waals surface area contributed by atoms with E-state index in [4.69, 9.17) is 13.6 Å². The van der Waals surface area contributed by atoms with Crippen molar-refractivity contribution in [1.82, 2.24) is 0 Å². The van der Waals surface area contributed by atoms with Gasteiger partial charge in [-0.3, -0.25) is 4.79 Å². The van der Waals surface area contributed by atoms with Crippen molar-refractivity contribution >= 4 is 32.9 Å². The maximum Gasteiger partial charge on any atom is 0.186 e. The van der Waals surface area contributed by atoms with Crippen LogP contribution in [0.15, 0.2) is 68.2 Å². The Labute approximate surface area is 228 Å². The molecular formula is C30H20O11. The number of aliphatic hydroxyl groups is 1. The lowest BCUT2D eigenvalue weighted by Crippen LogP contribution is -2.30. The Hall–Kier alpha value is -5.55. The third-order valence-electron chi connectivity index (χ3n) is 7.33. The van der Waals surface area contributed by atoms with Crippen LogP contribution in [0.2, 0.25) is 0 Å². The summed E-state index contributed by atoms with van der Waals surface area (Å²) in [5.74, 6) is -2.34. The molecule has 0 saturated carbocycles. The normalized spacial score (nSPS) is 16.7. The second-order valence-electron chi connectivity index (χ2n) is 9.89. The van der Waals surface area contributed by atoms with Crippen molar-refractivity contribution in [3.63, 3.8) is 0 Å². The van der Waals surface area contributed by atoms with Gasteiger partial charge in [0.05, 0.1) is 16.9 Å². The molecule has 2 atom stereocenters. The molecular weight excluding hydrogens is 536 g/mol. The number of phenolic OH excluding ortho intramolecular Hbond substituents is 5. The molecule has 0 spiro atoms. The number of phenols is 5. The lowest BCUT2D eigenvalue weighted by atomic mass is 9.91. The van der Waals surface area contributed by atoms with Gasteiger partial charge in [-0.2, -0.15) is 0 Å². The van der Waals surface area contributed by atoms with Gasteiger partial charge in [0.2, 0.25) is 0 Å². The van der Waals surface area contributed by atoms with Gasteiger partial charge in [-0.1, -0.05) is 6.07 Å². The summed E-state index contributed by atoms with van der Waals surface area (Å²) < 4.78 is 17.9. The maximum absolute atomic E-state index is 12.5. The third kappa shape index (κ3) is 3.60. The zero-order chi connectivity index (χ0) is 28.7. The molecule has 4 aromatic carbocycles. The molecule has 206 valence electrons. The van der Waals surface area contributed by atoms with Crippen molar-refractivity contribution in [2.24, 2.45) is 0 Å². The molecule has 0 radical (unpaired) electrons. The Balaban J connectivity index is 1.51. The average Bonchev–Trinajstić information content (AvgIpc) is 2.93. The van der Waals surface area contributed by atoms with E-state index in [1.54, 1.807) is 0 Å². The quantitative estimate of drug-likeness (QED) is 0.0893. The van der Waals surface area contributed by atoms with Crippen molar-refractivity contribution in [1.29, 1.82) is 0 Å². The van der Waals surface area contributed by atoms with E-state index in [1.807, 2.05) is 0 Å². The zero-order valence-electron chi connectivity index (χ0n) is 20.8. The minimum absolute atomic E-state index is 0.0362. The minimum atomic E-state index is -1.16. The first-order valence-electron chi connectivity index (χ1n) is 12.4. The van der Waals surface area contributed by atoms with E-state index in [-0.39, 0.29) is 79.2 Å². The second-order valence-corrected chi connectivity index (χ2v) is 9.89. The number of rotatable bonds is 2. The van der Waals surface area contributed by atoms with Crippen molar-refractivity contribution in [3.8, 4) is 51.6 Å². The van der Waals surface area contributed by atoms with Gasteiger partial charge >= 0.3 is 0 Å². The summed E-state index contributed by atoms with van der Waals surface area (Å²) in [4.78, 5) is 12.5. The Kier molecular flexibility index (Phi) is 5.06. The number of aliphatic hydroxyl groups excluding tert-OH is 1. The van der Waals surface area contributed by atoms with E-state index in [0.29, 0.717) is 5.56 Å². The van der Waals surface area contributed by atoms with Gasteiger partial charge in [0, 0.05) is 41.1 Å². The van der Waals surface area contributed by atoms with Crippen LogP contribution in [0.5, 0.6) is 40.2 Å². The lowest BCUT2D eigenvalue weighted by molar-refractivity contribution is 0.0200. The summed E-state index contributed by atoms with van der Waals surface area (Å²) >= 11 is 0. The molecule has 0 aliphatic carbocycles. The molecule has 41 heavy (non-hydrogen) atoms. The number of aromatic hydroxyl groups is 6. The Morgan fingerprint density at radius 2 is 1.32 bits per heavy atom. The molecule has 11 nitrogen and oxygen atoms in total. The molecule has 0 unspecified atom stereocenters. The standard InChI is InChI=1S/C30H20O11/c31-13-7-21-24-22(8-13)41-30(12-2-4-16(33)18(35)6-12)28(38)26(24)25-23(39-21)10-20-14(27(25)37)9-19(36)29(40-20)11-1-3-15(32)17(34)5-11/h1-8,10,19,29,32-38H,9H2/t19-,29+/m1/s1. The van der Waals surface area contributed by atoms with Crippen LogP contribution in [0.1, 0.15) is 17.2 Å². The van der Waals surface area contributed by atoms with Crippen molar-refractivity contribution < 1.29 is 49.3 Å². The fourth-order valence-corrected chi connectivity index (χ4v) is 5.41. The van der Waals surface area contributed by atoms with Gasteiger partial charge in [0.25, 0.3) is 0 Å². The zero-order valence-corrected chi connectivity index (χ0v) is 20.8. The largest absolute Gasteiger partial charge is 0.507 e. The van der Waals surface area contributed by atoms with Gasteiger partial charge in [-0.25, -0.2) is 0 Å². The molecule has 6 aromatic rings. The van der Waals surface area contributed by atoms with E-state index in [2.05, 4.69) is 0 Å². The highest BCUT2D eigenvalue weighted by Crippen LogP contribution is 2.51. The topological polar surface area (TPSA) is 194 Å². The summed E-state index contributed by atoms with van der Waals surface area (Å²) in [6.07, 6.45) is -2.20. The van der Waals surface area contributed by atoms with Crippen molar-refractivity contribution in [2.45, 2.75) is 18.6 Å². The van der Waals surface area contributed by atoms with Crippen molar-refractivity contribution in [2.75, 3.05) is 0 Å². The maximum atomic E-state index is 12.5. The predicted molar refractivity (Wildman–Crippen MR) is 145 cm³/mol. The van der Waals surface area contributed by atoms with E-state index in [0.717, 1.165) is 0 Å². The monoisotopic (exact) mass is 556 g/mol. The lowest BCUT2D eigenvalue weighted by Gasteiger charge is -2.31. The molecule has 11 heteroatoms. The van der Waals surface area contributed by atoms with Gasteiger partial charge < -0.3 is 49.3 Å².